The summed E-state index contributed by atoms with van der Waals surface area (Å²) in [7, 11) is 0. The van der Waals surface area contributed by atoms with Gasteiger partial charge in [0.05, 0.1) is 16.5 Å². The number of halogens is 1. The third-order valence-corrected chi connectivity index (χ3v) is 4.87. The van der Waals surface area contributed by atoms with Crippen molar-refractivity contribution in [1.29, 1.82) is 5.26 Å². The van der Waals surface area contributed by atoms with Crippen LogP contribution < -0.4 is 5.32 Å². The van der Waals surface area contributed by atoms with Gasteiger partial charge in [0.15, 0.2) is 0 Å². The van der Waals surface area contributed by atoms with E-state index in [2.05, 4.69) is 11.4 Å². The minimum Gasteiger partial charge on any atom is -0.347 e. The summed E-state index contributed by atoms with van der Waals surface area (Å²) in [6, 6.07) is 14.0. The number of amides is 1. The average Bonchev–Trinajstić information content (AvgIpc) is 2.91. The van der Waals surface area contributed by atoms with Crippen LogP contribution in [0.3, 0.4) is 0 Å². The summed E-state index contributed by atoms with van der Waals surface area (Å²) in [5.41, 5.74) is 2.06. The van der Waals surface area contributed by atoms with Gasteiger partial charge in [0, 0.05) is 16.6 Å². The second kappa shape index (κ2) is 6.19. The van der Waals surface area contributed by atoms with E-state index in [9.17, 15) is 9.18 Å². The summed E-state index contributed by atoms with van der Waals surface area (Å²) < 4.78 is 14.7. The van der Waals surface area contributed by atoms with Crippen LogP contribution in [0.15, 0.2) is 42.5 Å². The van der Waals surface area contributed by atoms with Crippen molar-refractivity contribution in [3.63, 3.8) is 0 Å². The molecule has 3 nitrogen and oxygen atoms in total. The second-order valence-corrected chi connectivity index (χ2v) is 6.22. The lowest BCUT2D eigenvalue weighted by Gasteiger charge is -2.05. The predicted octanol–water partition coefficient (Wildman–Crippen LogP) is 4.15. The SMILES string of the molecule is Cc1c(C(=O)NCc2cccc(C#N)c2)sc2cccc(F)c12. The summed E-state index contributed by atoms with van der Waals surface area (Å²) >= 11 is 1.28. The Kier molecular flexibility index (Phi) is 4.09. The number of nitrogens with zero attached hydrogens (tertiary/aromatic N) is 1. The van der Waals surface area contributed by atoms with E-state index >= 15 is 0 Å². The number of aryl methyl sites for hydroxylation is 1. The highest BCUT2D eigenvalue weighted by Crippen LogP contribution is 2.32. The maximum atomic E-state index is 13.9. The number of fused-ring (bicyclic) bond motifs is 1. The topological polar surface area (TPSA) is 52.9 Å². The number of hydrogen-bond donors (Lipinski definition) is 1. The first-order chi connectivity index (χ1) is 11.1. The van der Waals surface area contributed by atoms with E-state index in [-0.39, 0.29) is 11.7 Å². The molecule has 3 rings (SSSR count). The Hall–Kier alpha value is -2.71. The lowest BCUT2D eigenvalue weighted by molar-refractivity contribution is 0.0954. The van der Waals surface area contributed by atoms with Gasteiger partial charge in [-0.15, -0.1) is 11.3 Å². The molecule has 0 aliphatic rings. The van der Waals surface area contributed by atoms with Crippen LogP contribution in [0.2, 0.25) is 0 Å². The Morgan fingerprint density at radius 2 is 2.09 bits per heavy atom. The minimum absolute atomic E-state index is 0.231. The van der Waals surface area contributed by atoms with Gasteiger partial charge in [-0.1, -0.05) is 18.2 Å². The third kappa shape index (κ3) is 2.94. The van der Waals surface area contributed by atoms with Crippen molar-refractivity contribution in [1.82, 2.24) is 5.32 Å². The Bertz CT molecular complexity index is 940. The molecule has 0 aliphatic carbocycles. The van der Waals surface area contributed by atoms with E-state index < -0.39 is 0 Å². The van der Waals surface area contributed by atoms with Gasteiger partial charge in [-0.2, -0.15) is 5.26 Å². The van der Waals surface area contributed by atoms with E-state index in [4.69, 9.17) is 5.26 Å². The lowest BCUT2D eigenvalue weighted by Crippen LogP contribution is -2.22. The molecule has 0 atom stereocenters. The number of carbonyl (C=O) groups is 1. The van der Waals surface area contributed by atoms with Gasteiger partial charge in [-0.3, -0.25) is 4.79 Å². The molecule has 1 N–H and O–H groups in total. The molecule has 0 spiro atoms. The molecule has 0 aliphatic heterocycles. The summed E-state index contributed by atoms with van der Waals surface area (Å²) in [6.07, 6.45) is 0. The number of carbonyl (C=O) groups excluding carboxylic acids is 1. The largest absolute Gasteiger partial charge is 0.347 e. The van der Waals surface area contributed by atoms with E-state index in [1.807, 2.05) is 12.1 Å². The molecule has 1 aromatic heterocycles. The van der Waals surface area contributed by atoms with Crippen molar-refractivity contribution < 1.29 is 9.18 Å². The van der Waals surface area contributed by atoms with Gasteiger partial charge >= 0.3 is 0 Å². The van der Waals surface area contributed by atoms with Gasteiger partial charge in [0.1, 0.15) is 5.82 Å². The molecular formula is C18H13FN2OS. The van der Waals surface area contributed by atoms with Crippen LogP contribution in [0.25, 0.3) is 10.1 Å². The van der Waals surface area contributed by atoms with Gasteiger partial charge in [-0.05, 0) is 42.3 Å². The zero-order valence-electron chi connectivity index (χ0n) is 12.4. The van der Waals surface area contributed by atoms with E-state index in [0.29, 0.717) is 27.9 Å². The normalized spacial score (nSPS) is 10.5. The Morgan fingerprint density at radius 3 is 2.83 bits per heavy atom. The van der Waals surface area contributed by atoms with Gasteiger partial charge < -0.3 is 5.32 Å². The van der Waals surface area contributed by atoms with E-state index in [0.717, 1.165) is 10.3 Å². The fourth-order valence-electron chi connectivity index (χ4n) is 2.48. The quantitative estimate of drug-likeness (QED) is 0.787. The highest BCUT2D eigenvalue weighted by atomic mass is 32.1. The molecule has 114 valence electrons. The van der Waals surface area contributed by atoms with Crippen molar-refractivity contribution in [3.05, 3.63) is 69.8 Å². The highest BCUT2D eigenvalue weighted by Gasteiger charge is 2.17. The maximum absolute atomic E-state index is 13.9. The molecule has 0 fully saturated rings. The van der Waals surface area contributed by atoms with Crippen LogP contribution >= 0.6 is 11.3 Å². The number of thiophene rings is 1. The Balaban J connectivity index is 1.82. The van der Waals surface area contributed by atoms with Crippen LogP contribution in [-0.2, 0) is 6.54 Å². The molecule has 1 heterocycles. The minimum atomic E-state index is -0.308. The molecule has 2 aromatic carbocycles. The average molecular weight is 324 g/mol. The zero-order valence-corrected chi connectivity index (χ0v) is 13.2. The molecular weight excluding hydrogens is 311 g/mol. The second-order valence-electron chi connectivity index (χ2n) is 5.16. The Labute approximate surface area is 137 Å². The fourth-order valence-corrected chi connectivity index (χ4v) is 3.62. The highest BCUT2D eigenvalue weighted by molar-refractivity contribution is 7.21. The number of hydrogen-bond acceptors (Lipinski definition) is 3. The van der Waals surface area contributed by atoms with Crippen molar-refractivity contribution in [2.45, 2.75) is 13.5 Å². The van der Waals surface area contributed by atoms with Crippen molar-refractivity contribution in [2.24, 2.45) is 0 Å². The standard InChI is InChI=1S/C18H13FN2OS/c1-11-16-14(19)6-3-7-15(16)23-17(11)18(22)21-10-13-5-2-4-12(8-13)9-20/h2-8H,10H2,1H3,(H,21,22). The predicted molar refractivity (Wildman–Crippen MR) is 88.8 cm³/mol. The number of benzene rings is 2. The third-order valence-electron chi connectivity index (χ3n) is 3.62. The summed E-state index contributed by atoms with van der Waals surface area (Å²) in [5, 5.41) is 12.2. The monoisotopic (exact) mass is 324 g/mol. The zero-order chi connectivity index (χ0) is 16.4. The molecule has 0 saturated heterocycles. The number of rotatable bonds is 3. The molecule has 0 bridgehead atoms. The molecule has 1 amide bonds. The summed E-state index contributed by atoms with van der Waals surface area (Å²) in [5.74, 6) is -0.539. The van der Waals surface area contributed by atoms with Crippen LogP contribution in [0, 0.1) is 24.1 Å². The summed E-state index contributed by atoms with van der Waals surface area (Å²) in [4.78, 5) is 12.9. The molecule has 0 radical (unpaired) electrons. The first-order valence-electron chi connectivity index (χ1n) is 7.05. The molecule has 23 heavy (non-hydrogen) atoms. The number of nitrogens with one attached hydrogen (secondary N) is 1. The Morgan fingerprint density at radius 1 is 1.30 bits per heavy atom. The van der Waals surface area contributed by atoms with E-state index in [1.54, 1.807) is 31.2 Å². The first kappa shape index (κ1) is 15.2. The fraction of sp³-hybridized carbons (Fsp3) is 0.111. The van der Waals surface area contributed by atoms with Gasteiger partial charge in [0.2, 0.25) is 0 Å². The lowest BCUT2D eigenvalue weighted by atomic mass is 10.1. The maximum Gasteiger partial charge on any atom is 0.261 e. The van der Waals surface area contributed by atoms with Gasteiger partial charge in [-0.25, -0.2) is 4.39 Å². The first-order valence-corrected chi connectivity index (χ1v) is 7.86. The van der Waals surface area contributed by atoms with Crippen LogP contribution in [-0.4, -0.2) is 5.91 Å². The smallest absolute Gasteiger partial charge is 0.261 e. The molecule has 0 saturated carbocycles. The molecule has 3 aromatic rings. The summed E-state index contributed by atoms with van der Waals surface area (Å²) in [6.45, 7) is 2.08. The van der Waals surface area contributed by atoms with Crippen molar-refractivity contribution in [3.8, 4) is 6.07 Å². The van der Waals surface area contributed by atoms with Crippen LogP contribution in [0.1, 0.15) is 26.4 Å². The van der Waals surface area contributed by atoms with E-state index in [1.165, 1.54) is 17.4 Å². The van der Waals surface area contributed by atoms with Crippen molar-refractivity contribution >= 4 is 27.3 Å². The van der Waals surface area contributed by atoms with Crippen LogP contribution in [0.4, 0.5) is 4.39 Å². The van der Waals surface area contributed by atoms with Crippen LogP contribution in [0.5, 0.6) is 0 Å². The molecule has 0 unspecified atom stereocenters. The van der Waals surface area contributed by atoms with Crippen molar-refractivity contribution in [2.75, 3.05) is 0 Å². The number of nitriles is 1. The molecule has 5 heteroatoms. The van der Waals surface area contributed by atoms with Gasteiger partial charge in [0.25, 0.3) is 5.91 Å².